The van der Waals surface area contributed by atoms with E-state index in [9.17, 15) is 14.9 Å². The largest absolute Gasteiger partial charge is 0.402 e. The summed E-state index contributed by atoms with van der Waals surface area (Å²) in [4.78, 5) is 24.1. The third kappa shape index (κ3) is 4.78. The number of nitro groups is 1. The molecule has 1 saturated heterocycles. The van der Waals surface area contributed by atoms with Crippen molar-refractivity contribution in [2.24, 2.45) is 10.8 Å². The number of morpholine rings is 1. The van der Waals surface area contributed by atoms with Crippen LogP contribution < -0.4 is 16.1 Å². The molecule has 2 rings (SSSR count). The predicted octanol–water partition coefficient (Wildman–Crippen LogP) is 0.744. The van der Waals surface area contributed by atoms with Crippen LogP contribution in [-0.2, 0) is 9.53 Å². The van der Waals surface area contributed by atoms with Crippen molar-refractivity contribution in [3.05, 3.63) is 45.6 Å². The Kier molecular flexibility index (Phi) is 5.85. The third-order valence-corrected chi connectivity index (χ3v) is 3.31. The first-order chi connectivity index (χ1) is 11.5. The van der Waals surface area contributed by atoms with Gasteiger partial charge < -0.3 is 15.4 Å². The van der Waals surface area contributed by atoms with Crippen LogP contribution in [0.15, 0.2) is 35.1 Å². The number of carbonyl (C=O) groups excluding carboxylic acids is 1. The number of nitrogens with two attached hydrogens (primary N) is 1. The molecule has 1 aromatic carbocycles. The van der Waals surface area contributed by atoms with Crippen molar-refractivity contribution < 1.29 is 14.5 Å². The second-order valence-corrected chi connectivity index (χ2v) is 5.22. The highest BCUT2D eigenvalue weighted by atomic mass is 16.6. The van der Waals surface area contributed by atoms with E-state index in [2.05, 4.69) is 15.4 Å². The Hall–Kier alpha value is -2.94. The maximum atomic E-state index is 11.5. The fourth-order valence-corrected chi connectivity index (χ4v) is 2.26. The number of allylic oxidation sites excluding steroid dienone is 1. The monoisotopic (exact) mass is 333 g/mol. The van der Waals surface area contributed by atoms with Gasteiger partial charge in [-0.1, -0.05) is 0 Å². The number of rotatable bonds is 5. The zero-order valence-electron chi connectivity index (χ0n) is 13.3. The second-order valence-electron chi connectivity index (χ2n) is 5.22. The van der Waals surface area contributed by atoms with Crippen LogP contribution in [0.25, 0.3) is 0 Å². The number of hydrogen-bond donors (Lipinski definition) is 2. The summed E-state index contributed by atoms with van der Waals surface area (Å²) in [6.45, 7) is 4.12. The number of nitrogens with one attached hydrogen (secondary N) is 1. The first kappa shape index (κ1) is 17.4. The van der Waals surface area contributed by atoms with E-state index in [1.165, 1.54) is 24.4 Å². The number of amides is 1. The molecular weight excluding hydrogens is 314 g/mol. The maximum Gasteiger partial charge on any atom is 0.270 e. The minimum Gasteiger partial charge on any atom is -0.402 e. The average molecular weight is 333 g/mol. The van der Waals surface area contributed by atoms with Crippen LogP contribution in [0, 0.1) is 10.1 Å². The molecule has 9 heteroatoms. The van der Waals surface area contributed by atoms with E-state index in [0.29, 0.717) is 37.6 Å². The second kappa shape index (κ2) is 8.06. The van der Waals surface area contributed by atoms with Crippen molar-refractivity contribution in [1.29, 1.82) is 0 Å². The Morgan fingerprint density at radius 2 is 2.17 bits per heavy atom. The van der Waals surface area contributed by atoms with E-state index < -0.39 is 10.8 Å². The van der Waals surface area contributed by atoms with Crippen molar-refractivity contribution in [2.75, 3.05) is 31.2 Å². The molecule has 9 nitrogen and oxygen atoms in total. The minimum absolute atomic E-state index is 0.0440. The number of benzene rings is 1. The highest BCUT2D eigenvalue weighted by molar-refractivity contribution is 5.92. The molecule has 0 bridgehead atoms. The maximum absolute atomic E-state index is 11.5. The van der Waals surface area contributed by atoms with Gasteiger partial charge in [0, 0.05) is 48.2 Å². The highest BCUT2D eigenvalue weighted by Gasteiger charge is 2.17. The molecule has 0 unspecified atom stereocenters. The number of hydrazone groups is 1. The van der Waals surface area contributed by atoms with E-state index >= 15 is 0 Å². The van der Waals surface area contributed by atoms with Crippen LogP contribution >= 0.6 is 0 Å². The van der Waals surface area contributed by atoms with Crippen molar-refractivity contribution in [3.8, 4) is 0 Å². The summed E-state index contributed by atoms with van der Waals surface area (Å²) in [5.74, 6) is -0.468. The zero-order valence-corrected chi connectivity index (χ0v) is 13.3. The van der Waals surface area contributed by atoms with Gasteiger partial charge >= 0.3 is 0 Å². The molecule has 0 aliphatic carbocycles. The van der Waals surface area contributed by atoms with Gasteiger partial charge in [0.05, 0.1) is 24.4 Å². The fraction of sp³-hybridized carbons (Fsp3) is 0.333. The molecule has 1 fully saturated rings. The standard InChI is InChI=1S/C15H19N5O4/c1-11(16)8-15(21)18-17-10-12-9-13(20(22)23)2-3-14(12)19-4-6-24-7-5-19/h2-3,8-10H,4-7,16H2,1H3,(H,18,21)/b11-8-,17-10+. The average Bonchev–Trinajstić information content (AvgIpc) is 2.54. The fourth-order valence-electron chi connectivity index (χ4n) is 2.26. The van der Waals surface area contributed by atoms with E-state index in [4.69, 9.17) is 10.5 Å². The molecule has 128 valence electrons. The molecule has 24 heavy (non-hydrogen) atoms. The van der Waals surface area contributed by atoms with E-state index in [0.717, 1.165) is 5.69 Å². The van der Waals surface area contributed by atoms with Crippen LogP contribution in [0.5, 0.6) is 0 Å². The van der Waals surface area contributed by atoms with Crippen molar-refractivity contribution in [3.63, 3.8) is 0 Å². The Labute approximate surface area is 138 Å². The number of carbonyl (C=O) groups is 1. The van der Waals surface area contributed by atoms with Gasteiger partial charge in [0.1, 0.15) is 0 Å². The third-order valence-electron chi connectivity index (χ3n) is 3.31. The highest BCUT2D eigenvalue weighted by Crippen LogP contribution is 2.25. The molecule has 0 saturated carbocycles. The van der Waals surface area contributed by atoms with Crippen molar-refractivity contribution in [1.82, 2.24) is 5.43 Å². The molecule has 1 heterocycles. The number of anilines is 1. The first-order valence-corrected chi connectivity index (χ1v) is 7.35. The molecule has 1 amide bonds. The normalized spacial score (nSPS) is 15.5. The molecule has 0 radical (unpaired) electrons. The molecule has 1 aliphatic rings. The number of ether oxygens (including phenoxy) is 1. The lowest BCUT2D eigenvalue weighted by Gasteiger charge is -2.29. The number of nitrogens with zero attached hydrogens (tertiary/aromatic N) is 3. The van der Waals surface area contributed by atoms with Crippen LogP contribution in [0.1, 0.15) is 12.5 Å². The van der Waals surface area contributed by atoms with Crippen LogP contribution in [-0.4, -0.2) is 43.3 Å². The van der Waals surface area contributed by atoms with Gasteiger partial charge in [-0.15, -0.1) is 0 Å². The van der Waals surface area contributed by atoms with Gasteiger partial charge in [-0.3, -0.25) is 14.9 Å². The number of nitro benzene ring substituents is 1. The molecule has 0 aromatic heterocycles. The molecule has 0 spiro atoms. The lowest BCUT2D eigenvalue weighted by Crippen LogP contribution is -2.36. The molecule has 1 aliphatic heterocycles. The Bertz CT molecular complexity index is 676. The van der Waals surface area contributed by atoms with Gasteiger partial charge in [-0.25, -0.2) is 5.43 Å². The molecular formula is C15H19N5O4. The van der Waals surface area contributed by atoms with Gasteiger partial charge in [-0.2, -0.15) is 5.10 Å². The summed E-state index contributed by atoms with van der Waals surface area (Å²) >= 11 is 0. The summed E-state index contributed by atoms with van der Waals surface area (Å²) in [6.07, 6.45) is 2.59. The molecule has 0 atom stereocenters. The smallest absolute Gasteiger partial charge is 0.270 e. The van der Waals surface area contributed by atoms with E-state index in [-0.39, 0.29) is 5.69 Å². The minimum atomic E-state index is -0.473. The zero-order chi connectivity index (χ0) is 17.5. The number of non-ortho nitro benzene ring substituents is 1. The lowest BCUT2D eigenvalue weighted by atomic mass is 10.1. The Morgan fingerprint density at radius 3 is 2.79 bits per heavy atom. The first-order valence-electron chi connectivity index (χ1n) is 7.35. The number of hydrogen-bond acceptors (Lipinski definition) is 7. The van der Waals surface area contributed by atoms with Crippen LogP contribution in [0.2, 0.25) is 0 Å². The lowest BCUT2D eigenvalue weighted by molar-refractivity contribution is -0.384. The summed E-state index contributed by atoms with van der Waals surface area (Å²) in [6, 6.07) is 4.54. The van der Waals surface area contributed by atoms with Gasteiger partial charge in [-0.05, 0) is 13.0 Å². The van der Waals surface area contributed by atoms with Crippen LogP contribution in [0.3, 0.4) is 0 Å². The van der Waals surface area contributed by atoms with E-state index in [1.807, 2.05) is 0 Å². The summed E-state index contributed by atoms with van der Waals surface area (Å²) in [7, 11) is 0. The quantitative estimate of drug-likeness (QED) is 0.355. The summed E-state index contributed by atoms with van der Waals surface area (Å²) in [5.41, 5.74) is 9.36. The predicted molar refractivity (Wildman–Crippen MR) is 89.8 cm³/mol. The SMILES string of the molecule is C/C(N)=C/C(=O)N/N=C/c1cc([N+](=O)[O-])ccc1N1CCOCC1. The molecule has 3 N–H and O–H groups in total. The van der Waals surface area contributed by atoms with Gasteiger partial charge in [0.25, 0.3) is 11.6 Å². The van der Waals surface area contributed by atoms with Gasteiger partial charge in [0.15, 0.2) is 0 Å². The molecule has 1 aromatic rings. The van der Waals surface area contributed by atoms with Crippen LogP contribution in [0.4, 0.5) is 11.4 Å². The van der Waals surface area contributed by atoms with Gasteiger partial charge in [0.2, 0.25) is 0 Å². The van der Waals surface area contributed by atoms with E-state index in [1.54, 1.807) is 13.0 Å². The Balaban J connectivity index is 2.23. The van der Waals surface area contributed by atoms with Crippen molar-refractivity contribution >= 4 is 23.5 Å². The summed E-state index contributed by atoms with van der Waals surface area (Å²) in [5, 5.41) is 14.8. The van der Waals surface area contributed by atoms with Crippen molar-refractivity contribution in [2.45, 2.75) is 6.92 Å². The Morgan fingerprint density at radius 1 is 1.46 bits per heavy atom. The topological polar surface area (TPSA) is 123 Å². The summed E-state index contributed by atoms with van der Waals surface area (Å²) < 4.78 is 5.31.